The van der Waals surface area contributed by atoms with Crippen LogP contribution in [-0.2, 0) is 0 Å². The molecule has 0 saturated carbocycles. The lowest BCUT2D eigenvalue weighted by Gasteiger charge is -2.05. The molecule has 0 fully saturated rings. The molecule has 0 aliphatic heterocycles. The van der Waals surface area contributed by atoms with Crippen molar-refractivity contribution in [3.8, 4) is 0 Å². The highest BCUT2D eigenvalue weighted by atomic mass is 35.5. The first-order chi connectivity index (χ1) is 8.56. The molecular formula is C11H8Cl2N4O. The van der Waals surface area contributed by atoms with E-state index in [1.165, 1.54) is 18.5 Å². The molecule has 3 N–H and O–H groups in total. The van der Waals surface area contributed by atoms with Gasteiger partial charge >= 0.3 is 0 Å². The Kier molecular flexibility index (Phi) is 3.64. The Morgan fingerprint density at radius 1 is 1.22 bits per heavy atom. The number of benzene rings is 1. The molecule has 1 aromatic carbocycles. The summed E-state index contributed by atoms with van der Waals surface area (Å²) in [6.07, 6.45) is 1.26. The first kappa shape index (κ1) is 12.6. The molecular weight excluding hydrogens is 275 g/mol. The molecule has 1 amide bonds. The second-order valence-electron chi connectivity index (χ2n) is 3.42. The third-order valence-electron chi connectivity index (χ3n) is 2.14. The first-order valence-corrected chi connectivity index (χ1v) is 5.66. The number of aromatic nitrogens is 2. The van der Waals surface area contributed by atoms with Gasteiger partial charge in [0.05, 0.1) is 10.7 Å². The van der Waals surface area contributed by atoms with Crippen LogP contribution in [0, 0.1) is 0 Å². The number of rotatable bonds is 2. The van der Waals surface area contributed by atoms with Crippen molar-refractivity contribution in [3.63, 3.8) is 0 Å². The fraction of sp³-hybridized carbons (Fsp3) is 0. The van der Waals surface area contributed by atoms with Gasteiger partial charge in [0.25, 0.3) is 5.91 Å². The Bertz CT molecular complexity index is 603. The van der Waals surface area contributed by atoms with Crippen LogP contribution in [0.5, 0.6) is 0 Å². The Balaban J connectivity index is 2.19. The summed E-state index contributed by atoms with van der Waals surface area (Å²) in [5, 5.41) is 3.14. The maximum Gasteiger partial charge on any atom is 0.256 e. The Labute approximate surface area is 113 Å². The molecule has 0 bridgehead atoms. The minimum absolute atomic E-state index is 0.246. The number of hydrogen-bond acceptors (Lipinski definition) is 4. The molecule has 1 heterocycles. The van der Waals surface area contributed by atoms with Gasteiger partial charge in [-0.05, 0) is 18.2 Å². The van der Waals surface area contributed by atoms with E-state index in [0.717, 1.165) is 0 Å². The van der Waals surface area contributed by atoms with Crippen molar-refractivity contribution in [2.75, 3.05) is 11.1 Å². The highest BCUT2D eigenvalue weighted by molar-refractivity contribution is 6.33. The van der Waals surface area contributed by atoms with Crippen LogP contribution in [0.1, 0.15) is 10.4 Å². The second-order valence-corrected chi connectivity index (χ2v) is 4.21. The number of nitrogens with zero attached hydrogens (tertiary/aromatic N) is 2. The summed E-state index contributed by atoms with van der Waals surface area (Å²) in [5.41, 5.74) is 6.35. The Morgan fingerprint density at radius 2 is 2.00 bits per heavy atom. The quantitative estimate of drug-likeness (QED) is 0.655. The zero-order valence-electron chi connectivity index (χ0n) is 9.02. The number of hydrogen-bond donors (Lipinski definition) is 2. The van der Waals surface area contributed by atoms with Gasteiger partial charge in [-0.1, -0.05) is 23.2 Å². The van der Waals surface area contributed by atoms with E-state index in [-0.39, 0.29) is 11.1 Å². The van der Waals surface area contributed by atoms with Crippen molar-refractivity contribution < 1.29 is 4.79 Å². The highest BCUT2D eigenvalue weighted by Crippen LogP contribution is 2.20. The summed E-state index contributed by atoms with van der Waals surface area (Å²) < 4.78 is 0. The number of carbonyl (C=O) groups excluding carboxylic acids is 1. The molecule has 0 aliphatic rings. The zero-order valence-corrected chi connectivity index (χ0v) is 10.5. The molecule has 0 saturated heterocycles. The summed E-state index contributed by atoms with van der Waals surface area (Å²) >= 11 is 11.5. The maximum absolute atomic E-state index is 11.9. The number of anilines is 2. The standard InChI is InChI=1S/C11H8Cl2N4O/c12-7-3-6(1-2-8(7)14)11(18)17-10-4-9(13)15-5-16-10/h1-5H,14H2,(H,15,16,17,18). The topological polar surface area (TPSA) is 80.9 Å². The van der Waals surface area contributed by atoms with E-state index in [0.29, 0.717) is 22.1 Å². The molecule has 0 spiro atoms. The molecule has 0 atom stereocenters. The zero-order chi connectivity index (χ0) is 13.1. The van der Waals surface area contributed by atoms with Gasteiger partial charge in [-0.25, -0.2) is 9.97 Å². The lowest BCUT2D eigenvalue weighted by Crippen LogP contribution is -2.13. The number of nitrogen functional groups attached to an aromatic ring is 1. The molecule has 5 nitrogen and oxygen atoms in total. The van der Waals surface area contributed by atoms with Gasteiger partial charge in [0, 0.05) is 11.6 Å². The van der Waals surface area contributed by atoms with Crippen molar-refractivity contribution in [1.29, 1.82) is 0 Å². The van der Waals surface area contributed by atoms with Crippen molar-refractivity contribution in [1.82, 2.24) is 9.97 Å². The predicted octanol–water partition coefficient (Wildman–Crippen LogP) is 2.62. The summed E-state index contributed by atoms with van der Waals surface area (Å²) in [6.45, 7) is 0. The van der Waals surface area contributed by atoms with E-state index in [1.54, 1.807) is 12.1 Å². The van der Waals surface area contributed by atoms with E-state index < -0.39 is 0 Å². The van der Waals surface area contributed by atoms with Crippen LogP contribution >= 0.6 is 23.2 Å². The van der Waals surface area contributed by atoms with Crippen LogP contribution in [-0.4, -0.2) is 15.9 Å². The summed E-state index contributed by atoms with van der Waals surface area (Å²) in [7, 11) is 0. The predicted molar refractivity (Wildman–Crippen MR) is 70.9 cm³/mol. The fourth-order valence-electron chi connectivity index (χ4n) is 1.26. The lowest BCUT2D eigenvalue weighted by molar-refractivity contribution is 0.102. The SMILES string of the molecule is Nc1ccc(C(=O)Nc2cc(Cl)ncn2)cc1Cl. The molecule has 92 valence electrons. The molecule has 18 heavy (non-hydrogen) atoms. The van der Waals surface area contributed by atoms with Crippen LogP contribution in [0.25, 0.3) is 0 Å². The molecule has 7 heteroatoms. The molecule has 0 radical (unpaired) electrons. The summed E-state index contributed by atoms with van der Waals surface area (Å²) in [4.78, 5) is 19.4. The van der Waals surface area contributed by atoms with Crippen molar-refractivity contribution in [2.45, 2.75) is 0 Å². The molecule has 0 aliphatic carbocycles. The second kappa shape index (κ2) is 5.20. The van der Waals surface area contributed by atoms with E-state index in [1.807, 2.05) is 0 Å². The minimum atomic E-state index is -0.355. The van der Waals surface area contributed by atoms with Crippen LogP contribution in [0.15, 0.2) is 30.6 Å². The third kappa shape index (κ3) is 2.88. The average Bonchev–Trinajstić information content (AvgIpc) is 2.32. The third-order valence-corrected chi connectivity index (χ3v) is 2.67. The lowest BCUT2D eigenvalue weighted by atomic mass is 10.2. The van der Waals surface area contributed by atoms with Gasteiger partial charge in [-0.15, -0.1) is 0 Å². The highest BCUT2D eigenvalue weighted by Gasteiger charge is 2.09. The molecule has 0 unspecified atom stereocenters. The number of carbonyl (C=O) groups is 1. The van der Waals surface area contributed by atoms with Crippen LogP contribution in [0.3, 0.4) is 0 Å². The van der Waals surface area contributed by atoms with E-state index in [2.05, 4.69) is 15.3 Å². The van der Waals surface area contributed by atoms with Crippen molar-refractivity contribution in [2.24, 2.45) is 0 Å². The normalized spacial score (nSPS) is 10.1. The van der Waals surface area contributed by atoms with Gasteiger partial charge < -0.3 is 11.1 Å². The Morgan fingerprint density at radius 3 is 2.67 bits per heavy atom. The molecule has 1 aromatic heterocycles. The van der Waals surface area contributed by atoms with Gasteiger partial charge in [0.2, 0.25) is 0 Å². The van der Waals surface area contributed by atoms with Crippen LogP contribution < -0.4 is 11.1 Å². The van der Waals surface area contributed by atoms with E-state index in [4.69, 9.17) is 28.9 Å². The van der Waals surface area contributed by atoms with Crippen molar-refractivity contribution >= 4 is 40.6 Å². The first-order valence-electron chi connectivity index (χ1n) is 4.90. The van der Waals surface area contributed by atoms with Crippen LogP contribution in [0.4, 0.5) is 11.5 Å². The van der Waals surface area contributed by atoms with Gasteiger partial charge in [0.1, 0.15) is 17.3 Å². The maximum atomic E-state index is 11.9. The van der Waals surface area contributed by atoms with E-state index in [9.17, 15) is 4.79 Å². The number of amides is 1. The van der Waals surface area contributed by atoms with Gasteiger partial charge in [-0.3, -0.25) is 4.79 Å². The molecule has 2 rings (SSSR count). The number of nitrogens with one attached hydrogen (secondary N) is 1. The summed E-state index contributed by atoms with van der Waals surface area (Å²) in [6, 6.07) is 6.05. The average molecular weight is 283 g/mol. The minimum Gasteiger partial charge on any atom is -0.398 e. The van der Waals surface area contributed by atoms with E-state index >= 15 is 0 Å². The van der Waals surface area contributed by atoms with Crippen molar-refractivity contribution in [3.05, 3.63) is 46.3 Å². The Hall–Kier alpha value is -1.85. The smallest absolute Gasteiger partial charge is 0.256 e. The largest absolute Gasteiger partial charge is 0.398 e. The molecule has 2 aromatic rings. The fourth-order valence-corrected chi connectivity index (χ4v) is 1.59. The van der Waals surface area contributed by atoms with Gasteiger partial charge in [-0.2, -0.15) is 0 Å². The van der Waals surface area contributed by atoms with Gasteiger partial charge in [0.15, 0.2) is 0 Å². The van der Waals surface area contributed by atoms with Crippen LogP contribution in [0.2, 0.25) is 10.2 Å². The monoisotopic (exact) mass is 282 g/mol. The number of nitrogens with two attached hydrogens (primary N) is 1. The number of halogens is 2. The summed E-state index contributed by atoms with van der Waals surface area (Å²) in [5.74, 6) is -0.0420.